The van der Waals surface area contributed by atoms with Crippen molar-refractivity contribution < 1.29 is 27.0 Å². The molecule has 142 valence electrons. The Hall–Kier alpha value is -2.81. The SMILES string of the molecule is COc1cc2nc(C(F)(F)F)nc(Nc3ccc(F)c(Cl)c3)c2cc1OC. The Kier molecular flexibility index (Phi) is 4.97. The van der Waals surface area contributed by atoms with E-state index in [1.165, 1.54) is 38.5 Å². The molecule has 27 heavy (non-hydrogen) atoms. The first-order valence-corrected chi connectivity index (χ1v) is 7.83. The van der Waals surface area contributed by atoms with Gasteiger partial charge in [0.1, 0.15) is 11.6 Å². The van der Waals surface area contributed by atoms with Gasteiger partial charge < -0.3 is 14.8 Å². The molecule has 0 aliphatic rings. The average molecular weight is 402 g/mol. The molecule has 3 aromatic rings. The third-order valence-electron chi connectivity index (χ3n) is 3.64. The number of methoxy groups -OCH3 is 2. The van der Waals surface area contributed by atoms with Crippen molar-refractivity contribution in [3.05, 3.63) is 47.0 Å². The average Bonchev–Trinajstić information content (AvgIpc) is 2.62. The van der Waals surface area contributed by atoms with Crippen LogP contribution < -0.4 is 14.8 Å². The van der Waals surface area contributed by atoms with E-state index >= 15 is 0 Å². The van der Waals surface area contributed by atoms with Crippen LogP contribution in [0.15, 0.2) is 30.3 Å². The van der Waals surface area contributed by atoms with Crippen LogP contribution in [0.1, 0.15) is 5.82 Å². The first-order valence-electron chi connectivity index (χ1n) is 7.46. The van der Waals surface area contributed by atoms with Crippen LogP contribution in [0.5, 0.6) is 11.5 Å². The van der Waals surface area contributed by atoms with Crippen LogP contribution in [-0.2, 0) is 6.18 Å². The van der Waals surface area contributed by atoms with Crippen LogP contribution in [0.25, 0.3) is 10.9 Å². The van der Waals surface area contributed by atoms with E-state index in [0.29, 0.717) is 0 Å². The molecular formula is C17H12ClF4N3O2. The molecule has 0 aliphatic heterocycles. The van der Waals surface area contributed by atoms with E-state index in [1.54, 1.807) is 0 Å². The van der Waals surface area contributed by atoms with Crippen molar-refractivity contribution in [2.45, 2.75) is 6.18 Å². The van der Waals surface area contributed by atoms with Crippen molar-refractivity contribution in [1.29, 1.82) is 0 Å². The third kappa shape index (κ3) is 3.82. The van der Waals surface area contributed by atoms with Gasteiger partial charge in [-0.15, -0.1) is 0 Å². The van der Waals surface area contributed by atoms with Gasteiger partial charge in [-0.25, -0.2) is 14.4 Å². The molecule has 10 heteroatoms. The second kappa shape index (κ2) is 7.07. The van der Waals surface area contributed by atoms with Crippen LogP contribution in [0.3, 0.4) is 0 Å². The molecule has 0 saturated heterocycles. The summed E-state index contributed by atoms with van der Waals surface area (Å²) in [6.45, 7) is 0. The monoisotopic (exact) mass is 401 g/mol. The molecule has 1 N–H and O–H groups in total. The molecule has 0 spiro atoms. The Labute approximate surface area is 155 Å². The van der Waals surface area contributed by atoms with Crippen molar-refractivity contribution in [2.75, 3.05) is 19.5 Å². The van der Waals surface area contributed by atoms with E-state index in [0.717, 1.165) is 6.07 Å². The minimum absolute atomic E-state index is 0.00863. The molecule has 5 nitrogen and oxygen atoms in total. The number of fused-ring (bicyclic) bond motifs is 1. The van der Waals surface area contributed by atoms with Crippen molar-refractivity contribution in [2.24, 2.45) is 0 Å². The maximum Gasteiger partial charge on any atom is 0.451 e. The fourth-order valence-electron chi connectivity index (χ4n) is 2.39. The first kappa shape index (κ1) is 19.0. The summed E-state index contributed by atoms with van der Waals surface area (Å²) in [5.74, 6) is -1.63. The molecule has 0 unspecified atom stereocenters. The van der Waals surface area contributed by atoms with Crippen LogP contribution >= 0.6 is 11.6 Å². The molecule has 0 aliphatic carbocycles. The molecule has 0 fully saturated rings. The number of nitrogens with one attached hydrogen (secondary N) is 1. The van der Waals surface area contributed by atoms with Gasteiger partial charge in [0.25, 0.3) is 0 Å². The van der Waals surface area contributed by atoms with Crippen molar-refractivity contribution in [3.63, 3.8) is 0 Å². The molecule has 0 radical (unpaired) electrons. The van der Waals surface area contributed by atoms with Crippen molar-refractivity contribution in [1.82, 2.24) is 9.97 Å². The summed E-state index contributed by atoms with van der Waals surface area (Å²) in [7, 11) is 2.75. The van der Waals surface area contributed by atoms with Crippen molar-refractivity contribution >= 4 is 34.0 Å². The number of aromatic nitrogens is 2. The fraction of sp³-hybridized carbons (Fsp3) is 0.176. The minimum Gasteiger partial charge on any atom is -0.493 e. The Bertz CT molecular complexity index is 1010. The van der Waals surface area contributed by atoms with Gasteiger partial charge in [-0.3, -0.25) is 0 Å². The number of ether oxygens (including phenoxy) is 2. The summed E-state index contributed by atoms with van der Waals surface area (Å²) in [5, 5.41) is 2.78. The summed E-state index contributed by atoms with van der Waals surface area (Å²) in [6.07, 6.45) is -4.77. The second-order valence-electron chi connectivity index (χ2n) is 5.37. The van der Waals surface area contributed by atoms with Gasteiger partial charge in [0.05, 0.1) is 24.8 Å². The zero-order chi connectivity index (χ0) is 19.8. The molecule has 1 heterocycles. The van der Waals surface area contributed by atoms with E-state index in [1.807, 2.05) is 0 Å². The lowest BCUT2D eigenvalue weighted by Gasteiger charge is -2.15. The number of anilines is 2. The van der Waals surface area contributed by atoms with Gasteiger partial charge in [-0.2, -0.15) is 13.2 Å². The molecular weight excluding hydrogens is 390 g/mol. The van der Waals surface area contributed by atoms with E-state index in [2.05, 4.69) is 15.3 Å². The lowest BCUT2D eigenvalue weighted by atomic mass is 10.2. The van der Waals surface area contributed by atoms with Gasteiger partial charge in [0.15, 0.2) is 11.5 Å². The third-order valence-corrected chi connectivity index (χ3v) is 3.93. The zero-order valence-electron chi connectivity index (χ0n) is 14.0. The summed E-state index contributed by atoms with van der Waals surface area (Å²) >= 11 is 5.73. The smallest absolute Gasteiger partial charge is 0.451 e. The standard InChI is InChI=1S/C17H12ClF4N3O2/c1-26-13-6-9-12(7-14(13)27-2)24-16(17(20,21)22)25-15(9)23-8-3-4-11(19)10(18)5-8/h3-7H,1-2H3,(H,23,24,25). The highest BCUT2D eigenvalue weighted by atomic mass is 35.5. The first-order chi connectivity index (χ1) is 12.7. The van der Waals surface area contributed by atoms with Gasteiger partial charge in [-0.05, 0) is 24.3 Å². The van der Waals surface area contributed by atoms with E-state index in [-0.39, 0.29) is 38.9 Å². The zero-order valence-corrected chi connectivity index (χ0v) is 14.7. The Morgan fingerprint density at radius 2 is 1.67 bits per heavy atom. The number of nitrogens with zero attached hydrogens (tertiary/aromatic N) is 2. The molecule has 0 saturated carbocycles. The summed E-state index contributed by atoms with van der Waals surface area (Å²) < 4.78 is 63.2. The number of hydrogen-bond donors (Lipinski definition) is 1. The lowest BCUT2D eigenvalue weighted by molar-refractivity contribution is -0.144. The van der Waals surface area contributed by atoms with Gasteiger partial charge in [0, 0.05) is 17.1 Å². The fourth-order valence-corrected chi connectivity index (χ4v) is 2.57. The highest BCUT2D eigenvalue weighted by Gasteiger charge is 2.35. The second-order valence-corrected chi connectivity index (χ2v) is 5.78. The van der Waals surface area contributed by atoms with E-state index < -0.39 is 17.8 Å². The number of benzene rings is 2. The molecule has 1 aromatic heterocycles. The quantitative estimate of drug-likeness (QED) is 0.609. The number of hydrogen-bond acceptors (Lipinski definition) is 5. The number of alkyl halides is 3. The van der Waals surface area contributed by atoms with Crippen LogP contribution in [0.2, 0.25) is 5.02 Å². The van der Waals surface area contributed by atoms with E-state index in [9.17, 15) is 17.6 Å². The Balaban J connectivity index is 2.22. The van der Waals surface area contributed by atoms with Gasteiger partial charge in [0.2, 0.25) is 5.82 Å². The van der Waals surface area contributed by atoms with Gasteiger partial charge in [-0.1, -0.05) is 11.6 Å². The number of rotatable bonds is 4. The van der Waals surface area contributed by atoms with E-state index in [4.69, 9.17) is 21.1 Å². The predicted octanol–water partition coefficient (Wildman–Crippen LogP) is 5.20. The highest BCUT2D eigenvalue weighted by molar-refractivity contribution is 6.31. The minimum atomic E-state index is -4.77. The van der Waals surface area contributed by atoms with Crippen molar-refractivity contribution in [3.8, 4) is 11.5 Å². The maximum atomic E-state index is 13.3. The lowest BCUT2D eigenvalue weighted by Crippen LogP contribution is -2.13. The summed E-state index contributed by atoms with van der Waals surface area (Å²) in [6, 6.07) is 6.40. The molecule has 2 aromatic carbocycles. The molecule has 3 rings (SSSR count). The van der Waals surface area contributed by atoms with Crippen LogP contribution in [0, 0.1) is 5.82 Å². The topological polar surface area (TPSA) is 56.3 Å². The number of halogens is 5. The Morgan fingerprint density at radius 3 is 2.26 bits per heavy atom. The largest absolute Gasteiger partial charge is 0.493 e. The highest BCUT2D eigenvalue weighted by Crippen LogP contribution is 2.37. The Morgan fingerprint density at radius 1 is 1.00 bits per heavy atom. The van der Waals surface area contributed by atoms with Crippen LogP contribution in [-0.4, -0.2) is 24.2 Å². The maximum absolute atomic E-state index is 13.3. The van der Waals surface area contributed by atoms with Crippen LogP contribution in [0.4, 0.5) is 29.1 Å². The summed E-state index contributed by atoms with van der Waals surface area (Å²) in [4.78, 5) is 7.14. The predicted molar refractivity (Wildman–Crippen MR) is 92.3 cm³/mol. The normalized spacial score (nSPS) is 11.5. The molecule has 0 bridgehead atoms. The molecule has 0 amide bonds. The molecule has 0 atom stereocenters. The summed E-state index contributed by atoms with van der Waals surface area (Å²) in [5.41, 5.74) is 0.245. The van der Waals surface area contributed by atoms with Gasteiger partial charge >= 0.3 is 6.18 Å².